The normalized spacial score (nSPS) is 14.5. The quantitative estimate of drug-likeness (QED) is 0.837. The van der Waals surface area contributed by atoms with Crippen molar-refractivity contribution in [2.45, 2.75) is 26.3 Å². The van der Waals surface area contributed by atoms with Crippen LogP contribution in [0, 0.1) is 0 Å². The van der Waals surface area contributed by atoms with Gasteiger partial charge in [-0.25, -0.2) is 0 Å². The van der Waals surface area contributed by atoms with Crippen molar-refractivity contribution in [3.8, 4) is 0 Å². The highest BCUT2D eigenvalue weighted by Gasteiger charge is 2.37. The summed E-state index contributed by atoms with van der Waals surface area (Å²) >= 11 is 3.26. The third kappa shape index (κ3) is 2.90. The number of ketones is 1. The summed E-state index contributed by atoms with van der Waals surface area (Å²) < 4.78 is 0.721. The molecule has 6 heteroatoms. The van der Waals surface area contributed by atoms with Crippen molar-refractivity contribution in [3.63, 3.8) is 0 Å². The van der Waals surface area contributed by atoms with E-state index in [0.717, 1.165) is 4.47 Å². The van der Waals surface area contributed by atoms with Crippen molar-refractivity contribution in [2.24, 2.45) is 0 Å². The second kappa shape index (κ2) is 5.01. The Balaban J connectivity index is 2.24. The van der Waals surface area contributed by atoms with Gasteiger partial charge in [-0.2, -0.15) is 0 Å². The molecule has 1 aromatic carbocycles. The fourth-order valence-corrected chi connectivity index (χ4v) is 2.39. The van der Waals surface area contributed by atoms with Gasteiger partial charge in [0, 0.05) is 10.0 Å². The first-order valence-corrected chi connectivity index (χ1v) is 6.95. The highest BCUT2D eigenvalue weighted by Crippen LogP contribution is 2.31. The minimum Gasteiger partial charge on any atom is -0.350 e. The lowest BCUT2D eigenvalue weighted by atomic mass is 10.1. The summed E-state index contributed by atoms with van der Waals surface area (Å²) in [6.45, 7) is 5.41. The van der Waals surface area contributed by atoms with E-state index in [1.807, 2.05) is 20.8 Å². The van der Waals surface area contributed by atoms with Crippen LogP contribution in [0.5, 0.6) is 0 Å². The Hall–Kier alpha value is -1.69. The number of anilines is 1. The maximum absolute atomic E-state index is 12.0. The minimum atomic E-state index is -0.665. The minimum absolute atomic E-state index is 0.156. The molecule has 0 radical (unpaired) electrons. The predicted octanol–water partition coefficient (Wildman–Crippen LogP) is 1.89. The van der Waals surface area contributed by atoms with Gasteiger partial charge in [-0.15, -0.1) is 0 Å². The van der Waals surface area contributed by atoms with Crippen molar-refractivity contribution in [1.29, 1.82) is 0 Å². The molecule has 5 nitrogen and oxygen atoms in total. The number of carbonyl (C=O) groups is 3. The number of amides is 2. The van der Waals surface area contributed by atoms with Crippen LogP contribution in [0.3, 0.4) is 0 Å². The molecule has 0 saturated carbocycles. The van der Waals surface area contributed by atoms with Crippen LogP contribution in [-0.2, 0) is 9.59 Å². The summed E-state index contributed by atoms with van der Waals surface area (Å²) in [7, 11) is 0. The molecule has 2 rings (SSSR count). The standard InChI is InChI=1S/C14H15BrN2O3/c1-14(2,3)16-11(18)7-17-10-5-4-8(15)6-9(10)12(19)13(17)20/h4-6H,7H2,1-3H3,(H,16,18). The summed E-state index contributed by atoms with van der Waals surface area (Å²) in [6, 6.07) is 4.99. The molecule has 0 bridgehead atoms. The molecular weight excluding hydrogens is 324 g/mol. The molecule has 0 spiro atoms. The van der Waals surface area contributed by atoms with Crippen molar-refractivity contribution in [3.05, 3.63) is 28.2 Å². The second-order valence-corrected chi connectivity index (χ2v) is 6.60. The number of carbonyl (C=O) groups excluding carboxylic acids is 3. The fraction of sp³-hybridized carbons (Fsp3) is 0.357. The van der Waals surface area contributed by atoms with Gasteiger partial charge in [0.05, 0.1) is 11.3 Å². The fourth-order valence-electron chi connectivity index (χ4n) is 2.03. The SMILES string of the molecule is CC(C)(C)NC(=O)CN1C(=O)C(=O)c2cc(Br)ccc21. The van der Waals surface area contributed by atoms with E-state index in [0.29, 0.717) is 11.3 Å². The van der Waals surface area contributed by atoms with Crippen LogP contribution in [0.4, 0.5) is 5.69 Å². The number of Topliss-reactive ketones (excluding diaryl/α,β-unsaturated/α-hetero) is 1. The number of rotatable bonds is 2. The molecule has 106 valence electrons. The maximum atomic E-state index is 12.0. The molecular formula is C14H15BrN2O3. The summed E-state index contributed by atoms with van der Waals surface area (Å²) in [6.07, 6.45) is 0. The number of nitrogens with zero attached hydrogens (tertiary/aromatic N) is 1. The molecule has 0 saturated heterocycles. The first-order chi connectivity index (χ1) is 9.19. The Morgan fingerprint density at radius 2 is 1.95 bits per heavy atom. The number of hydrogen-bond donors (Lipinski definition) is 1. The Labute approximate surface area is 125 Å². The first-order valence-electron chi connectivity index (χ1n) is 6.16. The molecule has 20 heavy (non-hydrogen) atoms. The predicted molar refractivity (Wildman–Crippen MR) is 78.7 cm³/mol. The highest BCUT2D eigenvalue weighted by molar-refractivity contribution is 9.10. The van der Waals surface area contributed by atoms with Crippen molar-refractivity contribution in [2.75, 3.05) is 11.4 Å². The number of fused-ring (bicyclic) bond motifs is 1. The Kier molecular flexibility index (Phi) is 3.69. The maximum Gasteiger partial charge on any atom is 0.299 e. The van der Waals surface area contributed by atoms with Gasteiger partial charge >= 0.3 is 0 Å². The molecule has 0 unspecified atom stereocenters. The zero-order valence-corrected chi connectivity index (χ0v) is 13.1. The van der Waals surface area contributed by atoms with E-state index in [4.69, 9.17) is 0 Å². The Bertz CT molecular complexity index is 605. The van der Waals surface area contributed by atoms with Crippen LogP contribution in [0.2, 0.25) is 0 Å². The lowest BCUT2D eigenvalue weighted by molar-refractivity contribution is -0.123. The average Bonchev–Trinajstić information content (AvgIpc) is 2.52. The zero-order chi connectivity index (χ0) is 15.1. The van der Waals surface area contributed by atoms with Crippen molar-refractivity contribution >= 4 is 39.2 Å². The molecule has 0 aromatic heterocycles. The van der Waals surface area contributed by atoms with Gasteiger partial charge in [0.2, 0.25) is 5.91 Å². The molecule has 0 aliphatic carbocycles. The third-order valence-corrected chi connectivity index (χ3v) is 3.24. The summed E-state index contributed by atoms with van der Waals surface area (Å²) in [5.74, 6) is -1.54. The van der Waals surface area contributed by atoms with Crippen LogP contribution >= 0.6 is 15.9 Å². The molecule has 0 atom stereocenters. The molecule has 1 aliphatic rings. The van der Waals surface area contributed by atoms with E-state index < -0.39 is 11.7 Å². The van der Waals surface area contributed by atoms with Crippen LogP contribution in [0.25, 0.3) is 0 Å². The Morgan fingerprint density at radius 1 is 1.30 bits per heavy atom. The van der Waals surface area contributed by atoms with Gasteiger partial charge in [-0.1, -0.05) is 15.9 Å². The molecule has 0 fully saturated rings. The molecule has 1 aliphatic heterocycles. The van der Waals surface area contributed by atoms with Crippen LogP contribution in [-0.4, -0.2) is 29.7 Å². The lowest BCUT2D eigenvalue weighted by Gasteiger charge is -2.23. The third-order valence-electron chi connectivity index (χ3n) is 2.75. The van der Waals surface area contributed by atoms with E-state index in [1.54, 1.807) is 18.2 Å². The Morgan fingerprint density at radius 3 is 2.55 bits per heavy atom. The van der Waals surface area contributed by atoms with E-state index in [2.05, 4.69) is 21.2 Å². The van der Waals surface area contributed by atoms with Crippen molar-refractivity contribution < 1.29 is 14.4 Å². The molecule has 1 N–H and O–H groups in total. The van der Waals surface area contributed by atoms with Crippen molar-refractivity contribution in [1.82, 2.24) is 5.32 Å². The van der Waals surface area contributed by atoms with Crippen LogP contribution < -0.4 is 10.2 Å². The van der Waals surface area contributed by atoms with Gasteiger partial charge in [0.15, 0.2) is 0 Å². The second-order valence-electron chi connectivity index (χ2n) is 5.68. The number of benzene rings is 1. The van der Waals surface area contributed by atoms with E-state index >= 15 is 0 Å². The number of nitrogens with one attached hydrogen (secondary N) is 1. The summed E-state index contributed by atoms with van der Waals surface area (Å²) in [4.78, 5) is 37.0. The monoisotopic (exact) mass is 338 g/mol. The van der Waals surface area contributed by atoms with Gasteiger partial charge in [-0.05, 0) is 39.0 Å². The number of hydrogen-bond acceptors (Lipinski definition) is 3. The largest absolute Gasteiger partial charge is 0.350 e. The summed E-state index contributed by atoms with van der Waals surface area (Å²) in [5.41, 5.74) is 0.423. The lowest BCUT2D eigenvalue weighted by Crippen LogP contribution is -2.47. The smallest absolute Gasteiger partial charge is 0.299 e. The van der Waals surface area contributed by atoms with E-state index in [-0.39, 0.29) is 18.0 Å². The average molecular weight is 339 g/mol. The van der Waals surface area contributed by atoms with Gasteiger partial charge in [0.25, 0.3) is 11.7 Å². The zero-order valence-electron chi connectivity index (χ0n) is 11.5. The molecule has 1 aromatic rings. The van der Waals surface area contributed by atoms with Gasteiger partial charge in [0.1, 0.15) is 6.54 Å². The topological polar surface area (TPSA) is 66.5 Å². The highest BCUT2D eigenvalue weighted by atomic mass is 79.9. The van der Waals surface area contributed by atoms with Gasteiger partial charge < -0.3 is 5.32 Å². The molecule has 2 amide bonds. The van der Waals surface area contributed by atoms with E-state index in [9.17, 15) is 14.4 Å². The van der Waals surface area contributed by atoms with E-state index in [1.165, 1.54) is 4.90 Å². The summed E-state index contributed by atoms with van der Waals surface area (Å²) in [5, 5.41) is 2.77. The number of halogens is 1. The van der Waals surface area contributed by atoms with Crippen LogP contribution in [0.1, 0.15) is 31.1 Å². The molecule has 1 heterocycles. The van der Waals surface area contributed by atoms with Crippen LogP contribution in [0.15, 0.2) is 22.7 Å². The van der Waals surface area contributed by atoms with Gasteiger partial charge in [-0.3, -0.25) is 19.3 Å². The first kappa shape index (κ1) is 14.7.